The first-order valence-electron chi connectivity index (χ1n) is 5.94. The molecule has 0 spiro atoms. The molecule has 0 unspecified atom stereocenters. The molecule has 2 rings (SSSR count). The van der Waals surface area contributed by atoms with Crippen molar-refractivity contribution in [1.29, 1.82) is 0 Å². The van der Waals surface area contributed by atoms with Crippen LogP contribution in [0.1, 0.15) is 29.6 Å². The predicted octanol–water partition coefficient (Wildman–Crippen LogP) is 0.364. The summed E-state index contributed by atoms with van der Waals surface area (Å²) in [7, 11) is -3.76. The number of carbonyl (C=O) groups is 1. The van der Waals surface area contributed by atoms with Gasteiger partial charge in [0.1, 0.15) is 5.82 Å². The van der Waals surface area contributed by atoms with Crippen LogP contribution >= 0.6 is 0 Å². The van der Waals surface area contributed by atoms with Gasteiger partial charge in [0.2, 0.25) is 10.0 Å². The molecular weight excluding hydrogens is 273 g/mol. The van der Waals surface area contributed by atoms with Crippen molar-refractivity contribution >= 4 is 16.0 Å². The van der Waals surface area contributed by atoms with Crippen LogP contribution in [0.15, 0.2) is 23.1 Å². The fourth-order valence-corrected chi connectivity index (χ4v) is 3.62. The molecule has 0 aromatic heterocycles. The van der Waals surface area contributed by atoms with E-state index in [1.54, 1.807) is 0 Å². The minimum atomic E-state index is -3.76. The van der Waals surface area contributed by atoms with Crippen LogP contribution in [0.25, 0.3) is 0 Å². The maximum atomic E-state index is 13.2. The topological polar surface area (TPSA) is 77.5 Å². The zero-order valence-electron chi connectivity index (χ0n) is 10.1. The normalized spacial score (nSPS) is 17.3. The Kier molecular flexibility index (Phi) is 3.86. The highest BCUT2D eigenvalue weighted by Crippen LogP contribution is 2.22. The molecule has 1 fully saturated rings. The summed E-state index contributed by atoms with van der Waals surface area (Å²) < 4.78 is 39.0. The molecule has 1 aromatic carbocycles. The SMILES string of the molecule is O=C([O-])c1cc(S(=O)(=O)N2CCCCC2)ccc1F. The van der Waals surface area contributed by atoms with E-state index < -0.39 is 27.4 Å². The minimum absolute atomic E-state index is 0.213. The number of nitrogens with zero attached hydrogens (tertiary/aromatic N) is 1. The van der Waals surface area contributed by atoms with Crippen LogP contribution in [0, 0.1) is 5.82 Å². The lowest BCUT2D eigenvalue weighted by Gasteiger charge is -2.26. The van der Waals surface area contributed by atoms with Gasteiger partial charge in [-0.25, -0.2) is 12.8 Å². The second kappa shape index (κ2) is 5.26. The quantitative estimate of drug-likeness (QED) is 0.804. The van der Waals surface area contributed by atoms with Gasteiger partial charge in [-0.3, -0.25) is 0 Å². The molecule has 0 saturated carbocycles. The molecule has 1 aromatic rings. The van der Waals surface area contributed by atoms with Crippen LogP contribution in [0.4, 0.5) is 4.39 Å². The summed E-state index contributed by atoms with van der Waals surface area (Å²) in [4.78, 5) is 10.5. The van der Waals surface area contributed by atoms with E-state index in [1.165, 1.54) is 4.31 Å². The number of hydrogen-bond donors (Lipinski definition) is 0. The van der Waals surface area contributed by atoms with Gasteiger partial charge in [0.15, 0.2) is 0 Å². The maximum Gasteiger partial charge on any atom is 0.243 e. The van der Waals surface area contributed by atoms with Crippen LogP contribution in [0.3, 0.4) is 0 Å². The molecule has 0 atom stereocenters. The van der Waals surface area contributed by atoms with E-state index in [-0.39, 0.29) is 4.90 Å². The molecule has 1 aliphatic heterocycles. The Bertz CT molecular complexity index is 594. The third-order valence-electron chi connectivity index (χ3n) is 3.11. The second-order valence-corrected chi connectivity index (χ2v) is 6.33. The Morgan fingerprint density at radius 1 is 1.21 bits per heavy atom. The van der Waals surface area contributed by atoms with E-state index in [0.717, 1.165) is 37.5 Å². The van der Waals surface area contributed by atoms with Gasteiger partial charge in [0.25, 0.3) is 0 Å². The lowest BCUT2D eigenvalue weighted by atomic mass is 10.2. The van der Waals surface area contributed by atoms with Gasteiger partial charge in [0, 0.05) is 18.7 Å². The molecule has 0 radical (unpaired) electrons. The number of carbonyl (C=O) groups excluding carboxylic acids is 1. The predicted molar refractivity (Wildman–Crippen MR) is 63.3 cm³/mol. The summed E-state index contributed by atoms with van der Waals surface area (Å²) >= 11 is 0. The minimum Gasteiger partial charge on any atom is -0.545 e. The molecule has 0 N–H and O–H groups in total. The summed E-state index contributed by atoms with van der Waals surface area (Å²) in [6.07, 6.45) is 2.52. The lowest BCUT2D eigenvalue weighted by Crippen LogP contribution is -2.35. The zero-order chi connectivity index (χ0) is 14.0. The number of piperidine rings is 1. The highest BCUT2D eigenvalue weighted by atomic mass is 32.2. The van der Waals surface area contributed by atoms with Gasteiger partial charge in [-0.1, -0.05) is 6.42 Å². The Balaban J connectivity index is 2.40. The first kappa shape index (κ1) is 14.0. The van der Waals surface area contributed by atoms with Crippen LogP contribution < -0.4 is 5.11 Å². The number of carboxylic acids is 1. The molecule has 1 heterocycles. The lowest BCUT2D eigenvalue weighted by molar-refractivity contribution is -0.255. The van der Waals surface area contributed by atoms with Gasteiger partial charge in [-0.2, -0.15) is 4.31 Å². The first-order valence-corrected chi connectivity index (χ1v) is 7.38. The van der Waals surface area contributed by atoms with Crippen LogP contribution in [-0.2, 0) is 10.0 Å². The van der Waals surface area contributed by atoms with Gasteiger partial charge >= 0.3 is 0 Å². The standard InChI is InChI=1S/C12H14FNO4S/c13-11-5-4-9(8-10(11)12(15)16)19(17,18)14-6-2-1-3-7-14/h4-5,8H,1-3,6-7H2,(H,15,16)/p-1. The molecule has 1 saturated heterocycles. The van der Waals surface area contributed by atoms with Crippen molar-refractivity contribution in [2.24, 2.45) is 0 Å². The highest BCUT2D eigenvalue weighted by Gasteiger charge is 2.26. The number of halogens is 1. The van der Waals surface area contributed by atoms with Crippen molar-refractivity contribution in [3.8, 4) is 0 Å². The molecule has 0 bridgehead atoms. The summed E-state index contributed by atoms with van der Waals surface area (Å²) in [5, 5.41) is 10.7. The fourth-order valence-electron chi connectivity index (χ4n) is 2.08. The first-order chi connectivity index (χ1) is 8.93. The number of aromatic carboxylic acids is 1. The van der Waals surface area contributed by atoms with Crippen LogP contribution in [0.2, 0.25) is 0 Å². The van der Waals surface area contributed by atoms with Crippen molar-refractivity contribution < 1.29 is 22.7 Å². The van der Waals surface area contributed by atoms with E-state index in [0.29, 0.717) is 13.1 Å². The van der Waals surface area contributed by atoms with E-state index in [9.17, 15) is 22.7 Å². The van der Waals surface area contributed by atoms with Gasteiger partial charge in [-0.05, 0) is 31.0 Å². The third-order valence-corrected chi connectivity index (χ3v) is 5.01. The Hall–Kier alpha value is -1.47. The Morgan fingerprint density at radius 3 is 2.42 bits per heavy atom. The van der Waals surface area contributed by atoms with Crippen LogP contribution in [-0.4, -0.2) is 31.8 Å². The Morgan fingerprint density at radius 2 is 1.84 bits per heavy atom. The molecule has 19 heavy (non-hydrogen) atoms. The average Bonchev–Trinajstić information content (AvgIpc) is 2.39. The van der Waals surface area contributed by atoms with E-state index in [1.807, 2.05) is 0 Å². The molecule has 7 heteroatoms. The number of hydrogen-bond acceptors (Lipinski definition) is 4. The Labute approximate surface area is 110 Å². The molecule has 104 valence electrons. The van der Waals surface area contributed by atoms with Gasteiger partial charge < -0.3 is 9.90 Å². The molecular formula is C12H13FNO4S-. The summed E-state index contributed by atoms with van der Waals surface area (Å²) in [6.45, 7) is 0.806. The molecule has 5 nitrogen and oxygen atoms in total. The van der Waals surface area contributed by atoms with Crippen molar-refractivity contribution in [2.45, 2.75) is 24.2 Å². The molecule has 0 aliphatic carbocycles. The number of carboxylic acid groups (broad SMARTS) is 1. The maximum absolute atomic E-state index is 13.2. The highest BCUT2D eigenvalue weighted by molar-refractivity contribution is 7.89. The van der Waals surface area contributed by atoms with E-state index >= 15 is 0 Å². The van der Waals surface area contributed by atoms with Crippen molar-refractivity contribution in [2.75, 3.05) is 13.1 Å². The number of benzene rings is 1. The summed E-state index contributed by atoms with van der Waals surface area (Å²) in [5.74, 6) is -2.73. The summed E-state index contributed by atoms with van der Waals surface area (Å²) in [6, 6.07) is 2.72. The fraction of sp³-hybridized carbons (Fsp3) is 0.417. The summed E-state index contributed by atoms with van der Waals surface area (Å²) in [5.41, 5.74) is -0.738. The van der Waals surface area contributed by atoms with E-state index in [4.69, 9.17) is 0 Å². The van der Waals surface area contributed by atoms with Crippen molar-refractivity contribution in [3.05, 3.63) is 29.6 Å². The smallest absolute Gasteiger partial charge is 0.243 e. The van der Waals surface area contributed by atoms with Crippen molar-refractivity contribution in [1.82, 2.24) is 4.31 Å². The average molecular weight is 286 g/mol. The van der Waals surface area contributed by atoms with Gasteiger partial charge in [0.05, 0.1) is 10.9 Å². The number of sulfonamides is 1. The van der Waals surface area contributed by atoms with Crippen molar-refractivity contribution in [3.63, 3.8) is 0 Å². The monoisotopic (exact) mass is 286 g/mol. The number of rotatable bonds is 3. The van der Waals surface area contributed by atoms with Gasteiger partial charge in [-0.15, -0.1) is 0 Å². The zero-order valence-corrected chi connectivity index (χ0v) is 11.0. The second-order valence-electron chi connectivity index (χ2n) is 4.39. The van der Waals surface area contributed by atoms with Crippen LogP contribution in [0.5, 0.6) is 0 Å². The third kappa shape index (κ3) is 2.76. The largest absolute Gasteiger partial charge is 0.545 e. The molecule has 0 amide bonds. The molecule has 1 aliphatic rings. The van der Waals surface area contributed by atoms with E-state index in [2.05, 4.69) is 0 Å².